The van der Waals surface area contributed by atoms with Gasteiger partial charge in [-0.2, -0.15) is 0 Å². The van der Waals surface area contributed by atoms with E-state index in [4.69, 9.17) is 5.73 Å². The number of nitrogens with two attached hydrogens (primary N) is 1. The number of aromatic amines is 1. The van der Waals surface area contributed by atoms with Crippen LogP contribution in [0.3, 0.4) is 0 Å². The number of aromatic nitrogens is 1. The summed E-state index contributed by atoms with van der Waals surface area (Å²) in [6.45, 7) is 7.68. The molecular weight excluding hydrogens is 420 g/mol. The molecule has 0 unspecified atom stereocenters. The number of anilines is 1. The van der Waals surface area contributed by atoms with Gasteiger partial charge in [-0.25, -0.2) is 0 Å². The summed E-state index contributed by atoms with van der Waals surface area (Å²) >= 11 is 0. The lowest BCUT2D eigenvalue weighted by atomic mass is 9.98. The zero-order valence-corrected chi connectivity index (χ0v) is 19.7. The van der Waals surface area contributed by atoms with Gasteiger partial charge in [-0.1, -0.05) is 12.8 Å². The molecule has 0 saturated heterocycles. The van der Waals surface area contributed by atoms with Gasteiger partial charge in [0.15, 0.2) is 0 Å². The molecule has 0 radical (unpaired) electrons. The van der Waals surface area contributed by atoms with Crippen LogP contribution in [0.2, 0.25) is 0 Å². The Morgan fingerprint density at radius 3 is 2.36 bits per heavy atom. The van der Waals surface area contributed by atoms with Crippen molar-refractivity contribution < 1.29 is 14.4 Å². The summed E-state index contributed by atoms with van der Waals surface area (Å²) in [5.74, 6) is -1.16. The number of benzene rings is 1. The molecule has 0 aliphatic heterocycles. The molecule has 1 heterocycles. The van der Waals surface area contributed by atoms with Crippen LogP contribution in [0, 0.1) is 26.7 Å². The summed E-state index contributed by atoms with van der Waals surface area (Å²) in [5.41, 5.74) is 8.77. The van der Waals surface area contributed by atoms with Crippen molar-refractivity contribution in [1.82, 2.24) is 10.3 Å². The van der Waals surface area contributed by atoms with Crippen LogP contribution in [0.15, 0.2) is 23.0 Å². The van der Waals surface area contributed by atoms with Gasteiger partial charge >= 0.3 is 0 Å². The molecular formula is C25H32N4O4. The highest BCUT2D eigenvalue weighted by Crippen LogP contribution is 2.31. The molecule has 1 aliphatic carbocycles. The van der Waals surface area contributed by atoms with Crippen molar-refractivity contribution in [2.75, 3.05) is 11.4 Å². The maximum absolute atomic E-state index is 13.2. The molecule has 0 atom stereocenters. The first-order valence-electron chi connectivity index (χ1n) is 11.4. The van der Waals surface area contributed by atoms with E-state index in [1.807, 2.05) is 19.9 Å². The maximum Gasteiger partial charge on any atom is 0.253 e. The Kier molecular flexibility index (Phi) is 7.36. The highest BCUT2D eigenvalue weighted by atomic mass is 16.2. The zero-order valence-electron chi connectivity index (χ0n) is 19.7. The molecule has 3 rings (SSSR count). The van der Waals surface area contributed by atoms with Gasteiger partial charge in [0.2, 0.25) is 11.8 Å². The van der Waals surface area contributed by atoms with Gasteiger partial charge in [0.25, 0.3) is 11.5 Å². The molecule has 8 heteroatoms. The van der Waals surface area contributed by atoms with E-state index in [1.165, 1.54) is 6.07 Å². The summed E-state index contributed by atoms with van der Waals surface area (Å²) in [7, 11) is 0. The minimum atomic E-state index is -0.680. The second-order valence-electron chi connectivity index (χ2n) is 8.72. The number of rotatable bonds is 7. The van der Waals surface area contributed by atoms with E-state index >= 15 is 0 Å². The number of pyridine rings is 1. The predicted molar refractivity (Wildman–Crippen MR) is 127 cm³/mol. The average Bonchev–Trinajstić information content (AvgIpc) is 3.29. The Morgan fingerprint density at radius 1 is 1.12 bits per heavy atom. The van der Waals surface area contributed by atoms with E-state index in [2.05, 4.69) is 10.3 Å². The summed E-state index contributed by atoms with van der Waals surface area (Å²) < 4.78 is 0. The summed E-state index contributed by atoms with van der Waals surface area (Å²) in [6.07, 6.45) is 3.75. The first kappa shape index (κ1) is 24.2. The lowest BCUT2D eigenvalue weighted by Gasteiger charge is -2.27. The Morgan fingerprint density at radius 2 is 1.79 bits per heavy atom. The number of H-pyrrole nitrogens is 1. The molecule has 4 N–H and O–H groups in total. The van der Waals surface area contributed by atoms with Gasteiger partial charge in [0.1, 0.15) is 0 Å². The number of carbonyl (C=O) groups excluding carboxylic acids is 3. The topological polar surface area (TPSA) is 125 Å². The number of aryl methyl sites for hydroxylation is 2. The van der Waals surface area contributed by atoms with Crippen LogP contribution in [0.4, 0.5) is 5.69 Å². The molecule has 176 valence electrons. The fourth-order valence-electron chi connectivity index (χ4n) is 4.56. The third kappa shape index (κ3) is 5.16. The Labute approximate surface area is 193 Å². The quantitative estimate of drug-likeness (QED) is 0.597. The SMILES string of the molecule is CCN(C(=O)C1CCCC1)c1cc(C(N)=O)cc(C(=O)NCc2c(C)cc(C)[nH]c2=O)c1C. The number of primary amides is 1. The highest BCUT2D eigenvalue weighted by molar-refractivity contribution is 6.04. The zero-order chi connectivity index (χ0) is 24.3. The second-order valence-corrected chi connectivity index (χ2v) is 8.72. The molecule has 2 aromatic rings. The van der Waals surface area contributed by atoms with Gasteiger partial charge < -0.3 is 20.9 Å². The molecule has 1 aliphatic rings. The Bertz CT molecular complexity index is 1150. The number of hydrogen-bond donors (Lipinski definition) is 3. The van der Waals surface area contributed by atoms with Crippen LogP contribution in [0.5, 0.6) is 0 Å². The number of nitrogens with one attached hydrogen (secondary N) is 2. The fourth-order valence-corrected chi connectivity index (χ4v) is 4.56. The second kappa shape index (κ2) is 10.0. The molecule has 0 spiro atoms. The van der Waals surface area contributed by atoms with Gasteiger partial charge in [0, 0.05) is 47.1 Å². The van der Waals surface area contributed by atoms with Crippen LogP contribution < -0.4 is 21.5 Å². The molecule has 1 fully saturated rings. The normalized spacial score (nSPS) is 13.7. The Balaban J connectivity index is 1.95. The average molecular weight is 453 g/mol. The van der Waals surface area contributed by atoms with Crippen LogP contribution in [-0.4, -0.2) is 29.3 Å². The van der Waals surface area contributed by atoms with E-state index in [0.717, 1.165) is 36.9 Å². The van der Waals surface area contributed by atoms with Crippen LogP contribution >= 0.6 is 0 Å². The number of hydrogen-bond acceptors (Lipinski definition) is 4. The minimum absolute atomic E-state index is 0.00731. The lowest BCUT2D eigenvalue weighted by molar-refractivity contribution is -0.122. The molecule has 8 nitrogen and oxygen atoms in total. The smallest absolute Gasteiger partial charge is 0.253 e. The molecule has 1 aromatic carbocycles. The molecule has 0 bridgehead atoms. The van der Waals surface area contributed by atoms with E-state index in [9.17, 15) is 19.2 Å². The largest absolute Gasteiger partial charge is 0.366 e. The first-order valence-corrected chi connectivity index (χ1v) is 11.4. The van der Waals surface area contributed by atoms with Gasteiger partial charge in [-0.3, -0.25) is 19.2 Å². The third-order valence-electron chi connectivity index (χ3n) is 6.41. The monoisotopic (exact) mass is 452 g/mol. The van der Waals surface area contributed by atoms with Gasteiger partial charge in [-0.05, 0) is 69.9 Å². The fraction of sp³-hybridized carbons (Fsp3) is 0.440. The summed E-state index contributed by atoms with van der Waals surface area (Å²) in [5, 5.41) is 2.78. The van der Waals surface area contributed by atoms with E-state index in [-0.39, 0.29) is 35.1 Å². The summed E-state index contributed by atoms with van der Waals surface area (Å²) in [4.78, 5) is 55.0. The first-order chi connectivity index (χ1) is 15.6. The van der Waals surface area contributed by atoms with Crippen molar-refractivity contribution in [3.8, 4) is 0 Å². The van der Waals surface area contributed by atoms with E-state index in [0.29, 0.717) is 23.4 Å². The standard InChI is InChI=1S/C25H32N4O4/c1-5-29(25(33)17-8-6-7-9-17)21-12-18(22(26)30)11-19(16(21)4)23(31)27-13-20-14(2)10-15(3)28-24(20)32/h10-12,17H,5-9,13H2,1-4H3,(H2,26,30)(H,27,31)(H,28,32). The summed E-state index contributed by atoms with van der Waals surface area (Å²) in [6, 6.07) is 4.87. The van der Waals surface area contributed by atoms with Crippen LogP contribution in [0.1, 0.15) is 75.7 Å². The highest BCUT2D eigenvalue weighted by Gasteiger charge is 2.29. The number of nitrogens with zero attached hydrogens (tertiary/aromatic N) is 1. The third-order valence-corrected chi connectivity index (χ3v) is 6.41. The van der Waals surface area contributed by atoms with E-state index < -0.39 is 11.8 Å². The van der Waals surface area contributed by atoms with Crippen molar-refractivity contribution in [2.24, 2.45) is 11.7 Å². The van der Waals surface area contributed by atoms with Crippen molar-refractivity contribution in [1.29, 1.82) is 0 Å². The Hall–Kier alpha value is -3.42. The molecule has 3 amide bonds. The number of amides is 3. The minimum Gasteiger partial charge on any atom is -0.366 e. The van der Waals surface area contributed by atoms with Crippen molar-refractivity contribution in [2.45, 2.75) is 59.9 Å². The van der Waals surface area contributed by atoms with Crippen LogP contribution in [-0.2, 0) is 11.3 Å². The van der Waals surface area contributed by atoms with Crippen LogP contribution in [0.25, 0.3) is 0 Å². The van der Waals surface area contributed by atoms with Gasteiger partial charge in [0.05, 0.1) is 0 Å². The number of carbonyl (C=O) groups is 3. The lowest BCUT2D eigenvalue weighted by Crippen LogP contribution is -2.36. The molecule has 1 aromatic heterocycles. The van der Waals surface area contributed by atoms with Crippen molar-refractivity contribution >= 4 is 23.4 Å². The van der Waals surface area contributed by atoms with Gasteiger partial charge in [-0.15, -0.1) is 0 Å². The van der Waals surface area contributed by atoms with Crippen molar-refractivity contribution in [3.05, 3.63) is 62.1 Å². The van der Waals surface area contributed by atoms with E-state index in [1.54, 1.807) is 24.8 Å². The van der Waals surface area contributed by atoms with Crippen molar-refractivity contribution in [3.63, 3.8) is 0 Å². The maximum atomic E-state index is 13.2. The molecule has 33 heavy (non-hydrogen) atoms. The molecule has 1 saturated carbocycles. The predicted octanol–water partition coefficient (Wildman–Crippen LogP) is 2.87.